The Morgan fingerprint density at radius 2 is 1.69 bits per heavy atom. The number of rotatable bonds is 6. The summed E-state index contributed by atoms with van der Waals surface area (Å²) in [7, 11) is 1.60. The second kappa shape index (κ2) is 7.27. The van der Waals surface area contributed by atoms with Gasteiger partial charge in [0.15, 0.2) is 0 Å². The normalized spacial score (nSPS) is 11.9. The van der Waals surface area contributed by atoms with E-state index in [9.17, 15) is 14.7 Å². The highest BCUT2D eigenvalue weighted by Crippen LogP contribution is 2.27. The molecule has 0 aliphatic carbocycles. The van der Waals surface area contributed by atoms with Crippen molar-refractivity contribution in [3.05, 3.63) is 77.4 Å². The summed E-state index contributed by atoms with van der Waals surface area (Å²) in [4.78, 5) is 22.9. The van der Waals surface area contributed by atoms with E-state index in [1.54, 1.807) is 25.3 Å². The number of hydrogen-bond donors (Lipinski definition) is 2. The number of carboxylic acids is 2. The van der Waals surface area contributed by atoms with Gasteiger partial charge in [0.1, 0.15) is 5.75 Å². The molecule has 0 unspecified atom stereocenters. The summed E-state index contributed by atoms with van der Waals surface area (Å²) in [5, 5.41) is 20.7. The van der Waals surface area contributed by atoms with Crippen LogP contribution in [0.4, 0.5) is 0 Å². The van der Waals surface area contributed by atoms with Crippen LogP contribution in [0.2, 0.25) is 0 Å². The van der Waals surface area contributed by atoms with Gasteiger partial charge < -0.3 is 14.9 Å². The van der Waals surface area contributed by atoms with E-state index in [1.165, 1.54) is 12.1 Å². The van der Waals surface area contributed by atoms with Gasteiger partial charge in [-0.25, -0.2) is 4.79 Å². The molecule has 3 aromatic carbocycles. The minimum Gasteiger partial charge on any atom is -0.497 e. The lowest BCUT2D eigenvalue weighted by molar-refractivity contribution is -0.138. The van der Waals surface area contributed by atoms with E-state index in [2.05, 4.69) is 0 Å². The predicted octanol–water partition coefficient (Wildman–Crippen LogP) is 3.96. The fourth-order valence-electron chi connectivity index (χ4n) is 3.00. The lowest BCUT2D eigenvalue weighted by Crippen LogP contribution is -2.14. The summed E-state index contributed by atoms with van der Waals surface area (Å²) in [6.07, 6.45) is 0.220. The number of fused-ring (bicyclic) bond motifs is 1. The van der Waals surface area contributed by atoms with Gasteiger partial charge in [0.2, 0.25) is 0 Å². The number of hydrogen-bond acceptors (Lipinski definition) is 3. The quantitative estimate of drug-likeness (QED) is 0.703. The molecule has 0 saturated heterocycles. The first-order chi connectivity index (χ1) is 12.5. The molecule has 1 atom stereocenters. The standard InChI is InChI=1S/C21H18O5/c1-26-18-8-7-14-11-16(6-5-15(14)12-18)19(21(24)25)10-13-3-2-4-17(9-13)20(22)23/h2-9,11-12,19H,10H2,1H3,(H,22,23)(H,24,25)/t19-/m0/s1. The maximum absolute atomic E-state index is 11.8. The third-order valence-corrected chi connectivity index (χ3v) is 4.39. The fourth-order valence-corrected chi connectivity index (χ4v) is 3.00. The number of aromatic carboxylic acids is 1. The van der Waals surface area contributed by atoms with Crippen molar-refractivity contribution in [2.45, 2.75) is 12.3 Å². The van der Waals surface area contributed by atoms with Crippen LogP contribution in [-0.2, 0) is 11.2 Å². The van der Waals surface area contributed by atoms with Gasteiger partial charge in [-0.05, 0) is 52.6 Å². The molecule has 0 bridgehead atoms. The molecular formula is C21H18O5. The third kappa shape index (κ3) is 3.67. The lowest BCUT2D eigenvalue weighted by Gasteiger charge is -2.14. The molecule has 0 saturated carbocycles. The monoisotopic (exact) mass is 350 g/mol. The van der Waals surface area contributed by atoms with Crippen molar-refractivity contribution in [3.8, 4) is 5.75 Å². The summed E-state index contributed by atoms with van der Waals surface area (Å²) in [5.41, 5.74) is 1.50. The van der Waals surface area contributed by atoms with Crippen LogP contribution >= 0.6 is 0 Å². The van der Waals surface area contributed by atoms with Gasteiger partial charge >= 0.3 is 11.9 Å². The maximum atomic E-state index is 11.8. The number of carboxylic acid groups (broad SMARTS) is 2. The minimum absolute atomic E-state index is 0.150. The van der Waals surface area contributed by atoms with Crippen LogP contribution in [0.25, 0.3) is 10.8 Å². The van der Waals surface area contributed by atoms with Crippen LogP contribution in [0, 0.1) is 0 Å². The number of aliphatic carboxylic acids is 1. The fraction of sp³-hybridized carbons (Fsp3) is 0.143. The first-order valence-electron chi connectivity index (χ1n) is 8.10. The zero-order chi connectivity index (χ0) is 18.7. The van der Waals surface area contributed by atoms with Gasteiger partial charge in [-0.2, -0.15) is 0 Å². The molecule has 26 heavy (non-hydrogen) atoms. The van der Waals surface area contributed by atoms with E-state index in [4.69, 9.17) is 9.84 Å². The molecule has 0 radical (unpaired) electrons. The van der Waals surface area contributed by atoms with Crippen molar-refractivity contribution < 1.29 is 24.5 Å². The van der Waals surface area contributed by atoms with Gasteiger partial charge in [-0.1, -0.05) is 36.4 Å². The van der Waals surface area contributed by atoms with Crippen molar-refractivity contribution in [2.75, 3.05) is 7.11 Å². The molecule has 0 aliphatic heterocycles. The second-order valence-electron chi connectivity index (χ2n) is 6.07. The number of carbonyl (C=O) groups is 2. The molecule has 132 valence electrons. The topological polar surface area (TPSA) is 83.8 Å². The third-order valence-electron chi connectivity index (χ3n) is 4.39. The largest absolute Gasteiger partial charge is 0.497 e. The van der Waals surface area contributed by atoms with Crippen LogP contribution < -0.4 is 4.74 Å². The lowest BCUT2D eigenvalue weighted by atomic mass is 9.90. The molecule has 0 spiro atoms. The molecule has 5 heteroatoms. The molecule has 0 fully saturated rings. The van der Waals surface area contributed by atoms with E-state index in [0.717, 1.165) is 16.5 Å². The van der Waals surface area contributed by atoms with Crippen molar-refractivity contribution >= 4 is 22.7 Å². The first-order valence-corrected chi connectivity index (χ1v) is 8.10. The highest BCUT2D eigenvalue weighted by atomic mass is 16.5. The van der Waals surface area contributed by atoms with Crippen LogP contribution in [0.3, 0.4) is 0 Å². The Labute approximate surface area is 150 Å². The van der Waals surface area contributed by atoms with E-state index in [1.807, 2.05) is 30.3 Å². The molecule has 3 rings (SSSR count). The zero-order valence-corrected chi connectivity index (χ0v) is 14.2. The highest BCUT2D eigenvalue weighted by molar-refractivity contribution is 5.88. The Bertz CT molecular complexity index is 977. The van der Waals surface area contributed by atoms with Gasteiger partial charge in [0, 0.05) is 0 Å². The Morgan fingerprint density at radius 3 is 2.38 bits per heavy atom. The molecule has 5 nitrogen and oxygen atoms in total. The average molecular weight is 350 g/mol. The minimum atomic E-state index is -1.03. The van der Waals surface area contributed by atoms with Gasteiger partial charge in [-0.3, -0.25) is 4.79 Å². The van der Waals surface area contributed by atoms with E-state index >= 15 is 0 Å². The molecule has 0 aromatic heterocycles. The SMILES string of the molecule is COc1ccc2cc([C@H](Cc3cccc(C(=O)O)c3)C(=O)O)ccc2c1. The molecule has 2 N–H and O–H groups in total. The number of ether oxygens (including phenoxy) is 1. The van der Waals surface area contributed by atoms with Gasteiger partial charge in [-0.15, -0.1) is 0 Å². The van der Waals surface area contributed by atoms with Crippen molar-refractivity contribution in [1.82, 2.24) is 0 Å². The first kappa shape index (κ1) is 17.5. The molecular weight excluding hydrogens is 332 g/mol. The van der Waals surface area contributed by atoms with Crippen LogP contribution in [-0.4, -0.2) is 29.3 Å². The summed E-state index contributed by atoms with van der Waals surface area (Å²) >= 11 is 0. The van der Waals surface area contributed by atoms with Crippen molar-refractivity contribution in [1.29, 1.82) is 0 Å². The van der Waals surface area contributed by atoms with E-state index in [-0.39, 0.29) is 12.0 Å². The predicted molar refractivity (Wildman–Crippen MR) is 98.0 cm³/mol. The highest BCUT2D eigenvalue weighted by Gasteiger charge is 2.21. The molecule has 0 aliphatic rings. The maximum Gasteiger partial charge on any atom is 0.335 e. The molecule has 0 heterocycles. The van der Waals surface area contributed by atoms with Crippen molar-refractivity contribution in [2.24, 2.45) is 0 Å². The molecule has 0 amide bonds. The molecule has 3 aromatic rings. The van der Waals surface area contributed by atoms with E-state index in [0.29, 0.717) is 11.1 Å². The van der Waals surface area contributed by atoms with E-state index < -0.39 is 17.9 Å². The average Bonchev–Trinajstić information content (AvgIpc) is 2.65. The summed E-state index contributed by atoms with van der Waals surface area (Å²) in [6.45, 7) is 0. The Kier molecular flexibility index (Phi) is 4.89. The smallest absolute Gasteiger partial charge is 0.335 e. The number of methoxy groups -OCH3 is 1. The summed E-state index contributed by atoms with van der Waals surface area (Å²) in [5.74, 6) is -1.99. The Morgan fingerprint density at radius 1 is 0.962 bits per heavy atom. The summed E-state index contributed by atoms with van der Waals surface area (Å²) in [6, 6.07) is 17.5. The Balaban J connectivity index is 1.95. The van der Waals surface area contributed by atoms with Gasteiger partial charge in [0.25, 0.3) is 0 Å². The van der Waals surface area contributed by atoms with Gasteiger partial charge in [0.05, 0.1) is 18.6 Å². The van der Waals surface area contributed by atoms with Crippen molar-refractivity contribution in [3.63, 3.8) is 0 Å². The zero-order valence-electron chi connectivity index (χ0n) is 14.2. The van der Waals surface area contributed by atoms with Crippen LogP contribution in [0.5, 0.6) is 5.75 Å². The van der Waals surface area contributed by atoms with Crippen LogP contribution in [0.15, 0.2) is 60.7 Å². The Hall–Kier alpha value is -3.34. The second-order valence-corrected chi connectivity index (χ2v) is 6.07. The number of benzene rings is 3. The summed E-state index contributed by atoms with van der Waals surface area (Å²) < 4.78 is 5.21. The van der Waals surface area contributed by atoms with Crippen LogP contribution in [0.1, 0.15) is 27.4 Å².